The van der Waals surface area contributed by atoms with Crippen molar-refractivity contribution < 1.29 is 0 Å². The molecule has 108 valence electrons. The molecule has 0 saturated carbocycles. The second kappa shape index (κ2) is 8.52. The normalized spacial score (nSPS) is 14.3. The molecule has 1 unspecified atom stereocenters. The van der Waals surface area contributed by atoms with E-state index in [0.717, 1.165) is 5.69 Å². The summed E-state index contributed by atoms with van der Waals surface area (Å²) in [6, 6.07) is 0. The lowest BCUT2D eigenvalue weighted by Gasteiger charge is -2.30. The summed E-state index contributed by atoms with van der Waals surface area (Å²) in [4.78, 5) is 0. The van der Waals surface area contributed by atoms with Crippen LogP contribution >= 0.6 is 11.5 Å². The molecule has 0 spiro atoms. The minimum absolute atomic E-state index is 0.292. The Morgan fingerprint density at radius 1 is 1.16 bits per heavy atom. The third-order valence-corrected chi connectivity index (χ3v) is 4.75. The van der Waals surface area contributed by atoms with E-state index in [-0.39, 0.29) is 0 Å². The highest BCUT2D eigenvalue weighted by Gasteiger charge is 2.28. The quantitative estimate of drug-likeness (QED) is 0.464. The maximum Gasteiger partial charge on any atom is 0.0799 e. The van der Waals surface area contributed by atoms with Crippen molar-refractivity contribution >= 4 is 17.6 Å². The molecule has 0 N–H and O–H groups in total. The Morgan fingerprint density at radius 2 is 1.84 bits per heavy atom. The SMILES string of the molecule is C=Cc1nscc1C(C)(CCCC)CCCCCC. The van der Waals surface area contributed by atoms with Crippen LogP contribution in [-0.2, 0) is 5.41 Å². The summed E-state index contributed by atoms with van der Waals surface area (Å²) in [6.45, 7) is 10.9. The fourth-order valence-electron chi connectivity index (χ4n) is 2.75. The molecule has 1 atom stereocenters. The Kier molecular flexibility index (Phi) is 7.37. The number of hydrogen-bond acceptors (Lipinski definition) is 2. The fourth-order valence-corrected chi connectivity index (χ4v) is 3.60. The van der Waals surface area contributed by atoms with Crippen molar-refractivity contribution in [2.45, 2.75) is 77.6 Å². The zero-order valence-electron chi connectivity index (χ0n) is 12.9. The van der Waals surface area contributed by atoms with E-state index in [1.807, 2.05) is 6.08 Å². The van der Waals surface area contributed by atoms with E-state index in [4.69, 9.17) is 0 Å². The Labute approximate surface area is 123 Å². The summed E-state index contributed by atoms with van der Waals surface area (Å²) in [6.07, 6.45) is 12.4. The average molecular weight is 279 g/mol. The molecule has 0 aliphatic carbocycles. The second-order valence-corrected chi connectivity index (χ2v) is 6.42. The van der Waals surface area contributed by atoms with Gasteiger partial charge >= 0.3 is 0 Å². The van der Waals surface area contributed by atoms with Gasteiger partial charge in [0.1, 0.15) is 0 Å². The smallest absolute Gasteiger partial charge is 0.0799 e. The summed E-state index contributed by atoms with van der Waals surface area (Å²) in [5.41, 5.74) is 2.83. The highest BCUT2D eigenvalue weighted by molar-refractivity contribution is 7.03. The van der Waals surface area contributed by atoms with Crippen molar-refractivity contribution in [2.75, 3.05) is 0 Å². The van der Waals surface area contributed by atoms with Crippen LogP contribution in [0.1, 0.15) is 83.4 Å². The maximum absolute atomic E-state index is 4.48. The molecule has 2 heteroatoms. The van der Waals surface area contributed by atoms with Crippen LogP contribution in [0.5, 0.6) is 0 Å². The molecule has 1 rings (SSSR count). The predicted molar refractivity (Wildman–Crippen MR) is 87.8 cm³/mol. The standard InChI is InChI=1S/C17H29NS/c1-5-8-10-11-13-17(4,12-9-6-2)15-14-19-18-16(15)7-3/h7,14H,3,5-6,8-13H2,1-2,4H3. The third kappa shape index (κ3) is 4.76. The predicted octanol–water partition coefficient (Wildman–Crippen LogP) is 6.20. The minimum atomic E-state index is 0.292. The Morgan fingerprint density at radius 3 is 2.47 bits per heavy atom. The molecule has 0 aromatic carbocycles. The zero-order valence-corrected chi connectivity index (χ0v) is 13.7. The Bertz CT molecular complexity index is 369. The number of aromatic nitrogens is 1. The van der Waals surface area contributed by atoms with Crippen LogP contribution in [0, 0.1) is 0 Å². The van der Waals surface area contributed by atoms with Gasteiger partial charge in [-0.05, 0) is 41.4 Å². The molecule has 0 fully saturated rings. The van der Waals surface area contributed by atoms with Gasteiger partial charge in [0.25, 0.3) is 0 Å². The van der Waals surface area contributed by atoms with Crippen LogP contribution in [0.15, 0.2) is 12.0 Å². The summed E-state index contributed by atoms with van der Waals surface area (Å²) in [5, 5.41) is 2.24. The molecule has 0 bridgehead atoms. The first-order chi connectivity index (χ1) is 9.18. The number of hydrogen-bond donors (Lipinski definition) is 0. The molecule has 0 aliphatic rings. The van der Waals surface area contributed by atoms with Crippen molar-refractivity contribution in [2.24, 2.45) is 0 Å². The second-order valence-electron chi connectivity index (χ2n) is 5.79. The zero-order chi connectivity index (χ0) is 14.1. The van der Waals surface area contributed by atoms with E-state index < -0.39 is 0 Å². The highest BCUT2D eigenvalue weighted by atomic mass is 32.1. The molecule has 19 heavy (non-hydrogen) atoms. The Balaban J connectivity index is 2.76. The third-order valence-electron chi connectivity index (χ3n) is 4.11. The Hall–Kier alpha value is -0.630. The lowest BCUT2D eigenvalue weighted by atomic mass is 9.74. The van der Waals surface area contributed by atoms with Gasteiger partial charge in [0.15, 0.2) is 0 Å². The van der Waals surface area contributed by atoms with Crippen LogP contribution < -0.4 is 0 Å². The largest absolute Gasteiger partial charge is 0.193 e. The van der Waals surface area contributed by atoms with E-state index in [1.54, 1.807) is 11.5 Å². The van der Waals surface area contributed by atoms with Crippen LogP contribution in [0.2, 0.25) is 0 Å². The lowest BCUT2D eigenvalue weighted by Crippen LogP contribution is -2.22. The maximum atomic E-state index is 4.48. The van der Waals surface area contributed by atoms with Gasteiger partial charge in [-0.15, -0.1) is 0 Å². The van der Waals surface area contributed by atoms with Crippen LogP contribution in [0.3, 0.4) is 0 Å². The molecule has 1 aromatic heterocycles. The van der Waals surface area contributed by atoms with Crippen LogP contribution in [0.4, 0.5) is 0 Å². The van der Waals surface area contributed by atoms with E-state index in [0.29, 0.717) is 5.41 Å². The van der Waals surface area contributed by atoms with E-state index in [1.165, 1.54) is 56.9 Å². The van der Waals surface area contributed by atoms with Crippen molar-refractivity contribution in [3.8, 4) is 0 Å². The van der Waals surface area contributed by atoms with Gasteiger partial charge in [0.05, 0.1) is 5.69 Å². The van der Waals surface area contributed by atoms with Crippen LogP contribution in [0.25, 0.3) is 6.08 Å². The van der Waals surface area contributed by atoms with E-state index in [2.05, 4.69) is 37.1 Å². The topological polar surface area (TPSA) is 12.9 Å². The lowest BCUT2D eigenvalue weighted by molar-refractivity contribution is 0.369. The molecular weight excluding hydrogens is 250 g/mol. The van der Waals surface area contributed by atoms with Crippen LogP contribution in [-0.4, -0.2) is 4.37 Å². The molecule has 1 heterocycles. The molecule has 1 nitrogen and oxygen atoms in total. The van der Waals surface area contributed by atoms with Gasteiger partial charge in [-0.2, -0.15) is 4.37 Å². The minimum Gasteiger partial charge on any atom is -0.193 e. The number of rotatable bonds is 10. The molecule has 0 amide bonds. The molecular formula is C17H29NS. The van der Waals surface area contributed by atoms with Gasteiger partial charge < -0.3 is 0 Å². The first-order valence-electron chi connectivity index (χ1n) is 7.75. The number of nitrogens with zero attached hydrogens (tertiary/aromatic N) is 1. The molecule has 0 aliphatic heterocycles. The van der Waals surface area contributed by atoms with Crippen molar-refractivity contribution in [3.05, 3.63) is 23.2 Å². The molecule has 0 saturated heterocycles. The average Bonchev–Trinajstić information content (AvgIpc) is 2.90. The van der Waals surface area contributed by atoms with Gasteiger partial charge in [-0.25, -0.2) is 0 Å². The number of unbranched alkanes of at least 4 members (excludes halogenated alkanes) is 4. The summed E-state index contributed by atoms with van der Waals surface area (Å²) >= 11 is 1.57. The van der Waals surface area contributed by atoms with Crippen molar-refractivity contribution in [3.63, 3.8) is 0 Å². The van der Waals surface area contributed by atoms with Crippen molar-refractivity contribution in [1.29, 1.82) is 0 Å². The van der Waals surface area contributed by atoms with Gasteiger partial charge in [0, 0.05) is 5.38 Å². The van der Waals surface area contributed by atoms with E-state index >= 15 is 0 Å². The van der Waals surface area contributed by atoms with Crippen molar-refractivity contribution in [1.82, 2.24) is 4.37 Å². The van der Waals surface area contributed by atoms with Gasteiger partial charge in [-0.1, -0.05) is 65.9 Å². The van der Waals surface area contributed by atoms with E-state index in [9.17, 15) is 0 Å². The molecule has 1 aromatic rings. The first-order valence-corrected chi connectivity index (χ1v) is 8.59. The summed E-state index contributed by atoms with van der Waals surface area (Å²) < 4.78 is 4.48. The van der Waals surface area contributed by atoms with Gasteiger partial charge in [-0.3, -0.25) is 0 Å². The first kappa shape index (κ1) is 16.4. The monoisotopic (exact) mass is 279 g/mol. The summed E-state index contributed by atoms with van der Waals surface area (Å²) in [7, 11) is 0. The van der Waals surface area contributed by atoms with Gasteiger partial charge in [0.2, 0.25) is 0 Å². The highest BCUT2D eigenvalue weighted by Crippen LogP contribution is 2.38. The fraction of sp³-hybridized carbons (Fsp3) is 0.706. The summed E-state index contributed by atoms with van der Waals surface area (Å²) in [5.74, 6) is 0. The molecule has 0 radical (unpaired) electrons.